The van der Waals surface area contributed by atoms with E-state index in [4.69, 9.17) is 10.3 Å². The first kappa shape index (κ1) is 8.69. The minimum absolute atomic E-state index is 0.0580. The van der Waals surface area contributed by atoms with E-state index in [1.807, 2.05) is 6.92 Å². The number of aryl methyl sites for hydroxylation is 1. The van der Waals surface area contributed by atoms with Crippen LogP contribution in [0.3, 0.4) is 0 Å². The summed E-state index contributed by atoms with van der Waals surface area (Å²) in [5.74, 6) is 1.47. The molecule has 13 heavy (non-hydrogen) atoms. The van der Waals surface area contributed by atoms with E-state index in [1.54, 1.807) is 0 Å². The number of nitrogens with zero attached hydrogens (tertiary/aromatic N) is 2. The molecule has 4 nitrogen and oxygen atoms in total. The minimum atomic E-state index is -0.0580. The van der Waals surface area contributed by atoms with Gasteiger partial charge in [-0.15, -0.1) is 0 Å². The lowest BCUT2D eigenvalue weighted by Gasteiger charge is -2.36. The lowest BCUT2D eigenvalue weighted by molar-refractivity contribution is 0.221. The third kappa shape index (κ3) is 1.72. The van der Waals surface area contributed by atoms with Crippen LogP contribution in [0.5, 0.6) is 0 Å². The molecule has 1 fully saturated rings. The van der Waals surface area contributed by atoms with Crippen molar-refractivity contribution in [3.63, 3.8) is 0 Å². The molecular weight excluding hydrogens is 166 g/mol. The van der Waals surface area contributed by atoms with Gasteiger partial charge in [-0.25, -0.2) is 0 Å². The fraction of sp³-hybridized carbons (Fsp3) is 0.778. The highest BCUT2D eigenvalue weighted by molar-refractivity contribution is 5.00. The predicted molar refractivity (Wildman–Crippen MR) is 48.1 cm³/mol. The topological polar surface area (TPSA) is 64.9 Å². The van der Waals surface area contributed by atoms with Crippen LogP contribution in [0.25, 0.3) is 0 Å². The van der Waals surface area contributed by atoms with Crippen molar-refractivity contribution in [2.45, 2.75) is 44.6 Å². The second-order valence-electron chi connectivity index (χ2n) is 3.85. The van der Waals surface area contributed by atoms with Gasteiger partial charge in [-0.1, -0.05) is 12.1 Å². The second kappa shape index (κ2) is 3.10. The molecule has 72 valence electrons. The highest BCUT2D eigenvalue weighted by Gasteiger charge is 2.34. The SMILES string of the molecule is CCc1noc(CC2(N)CCC2)n1. The van der Waals surface area contributed by atoms with Crippen LogP contribution in [-0.2, 0) is 12.8 Å². The van der Waals surface area contributed by atoms with Gasteiger partial charge in [0.05, 0.1) is 0 Å². The Labute approximate surface area is 77.5 Å². The van der Waals surface area contributed by atoms with Gasteiger partial charge in [-0.05, 0) is 19.3 Å². The summed E-state index contributed by atoms with van der Waals surface area (Å²) in [6.07, 6.45) is 4.94. The molecule has 1 aromatic heterocycles. The Morgan fingerprint density at radius 2 is 2.31 bits per heavy atom. The van der Waals surface area contributed by atoms with Gasteiger partial charge in [0, 0.05) is 18.4 Å². The lowest BCUT2D eigenvalue weighted by atomic mass is 9.75. The predicted octanol–water partition coefficient (Wildman–Crippen LogP) is 1.06. The van der Waals surface area contributed by atoms with Crippen LogP contribution >= 0.6 is 0 Å². The van der Waals surface area contributed by atoms with Crippen molar-refractivity contribution in [2.24, 2.45) is 5.73 Å². The van der Waals surface area contributed by atoms with Crippen LogP contribution in [0, 0.1) is 0 Å². The van der Waals surface area contributed by atoms with E-state index >= 15 is 0 Å². The Kier molecular flexibility index (Phi) is 2.07. The maximum atomic E-state index is 6.06. The zero-order chi connectivity index (χ0) is 9.31. The summed E-state index contributed by atoms with van der Waals surface area (Å²) in [4.78, 5) is 4.24. The van der Waals surface area contributed by atoms with Crippen LogP contribution in [0.4, 0.5) is 0 Å². The number of hydrogen-bond acceptors (Lipinski definition) is 4. The number of hydrogen-bond donors (Lipinski definition) is 1. The summed E-state index contributed by atoms with van der Waals surface area (Å²) in [5, 5.41) is 3.84. The first-order valence-electron chi connectivity index (χ1n) is 4.82. The fourth-order valence-electron chi connectivity index (χ4n) is 1.61. The number of nitrogens with two attached hydrogens (primary N) is 1. The van der Waals surface area contributed by atoms with Crippen molar-refractivity contribution in [1.82, 2.24) is 10.1 Å². The van der Waals surface area contributed by atoms with Crippen molar-refractivity contribution < 1.29 is 4.52 Å². The van der Waals surface area contributed by atoms with Gasteiger partial charge in [0.1, 0.15) is 0 Å². The minimum Gasteiger partial charge on any atom is -0.339 e. The first-order chi connectivity index (χ1) is 6.22. The molecule has 0 radical (unpaired) electrons. The normalized spacial score (nSPS) is 19.8. The number of aromatic nitrogens is 2. The molecule has 0 saturated heterocycles. The Morgan fingerprint density at radius 3 is 2.77 bits per heavy atom. The van der Waals surface area contributed by atoms with Crippen LogP contribution in [0.2, 0.25) is 0 Å². The van der Waals surface area contributed by atoms with Crippen molar-refractivity contribution in [1.29, 1.82) is 0 Å². The average Bonchev–Trinajstić information content (AvgIpc) is 2.49. The summed E-state index contributed by atoms with van der Waals surface area (Å²) in [6, 6.07) is 0. The zero-order valence-corrected chi connectivity index (χ0v) is 7.92. The third-order valence-corrected chi connectivity index (χ3v) is 2.68. The van der Waals surface area contributed by atoms with Gasteiger partial charge in [0.25, 0.3) is 0 Å². The molecule has 1 aliphatic rings. The van der Waals surface area contributed by atoms with E-state index in [0.29, 0.717) is 5.89 Å². The fourth-order valence-corrected chi connectivity index (χ4v) is 1.61. The lowest BCUT2D eigenvalue weighted by Crippen LogP contribution is -2.48. The van der Waals surface area contributed by atoms with E-state index in [9.17, 15) is 0 Å². The summed E-state index contributed by atoms with van der Waals surface area (Å²) < 4.78 is 5.09. The smallest absolute Gasteiger partial charge is 0.228 e. The van der Waals surface area contributed by atoms with Crippen LogP contribution in [0.15, 0.2) is 4.52 Å². The molecule has 2 rings (SSSR count). The molecule has 1 aliphatic carbocycles. The van der Waals surface area contributed by atoms with E-state index in [1.165, 1.54) is 6.42 Å². The number of rotatable bonds is 3. The van der Waals surface area contributed by atoms with E-state index < -0.39 is 0 Å². The van der Waals surface area contributed by atoms with Gasteiger partial charge in [-0.2, -0.15) is 4.98 Å². The molecule has 2 N–H and O–H groups in total. The molecule has 1 saturated carbocycles. The molecule has 0 amide bonds. The van der Waals surface area contributed by atoms with Gasteiger partial charge >= 0.3 is 0 Å². The van der Waals surface area contributed by atoms with E-state index in [0.717, 1.165) is 31.5 Å². The Morgan fingerprint density at radius 1 is 1.54 bits per heavy atom. The van der Waals surface area contributed by atoms with Gasteiger partial charge < -0.3 is 10.3 Å². The summed E-state index contributed by atoms with van der Waals surface area (Å²) in [7, 11) is 0. The Hall–Kier alpha value is -0.900. The molecular formula is C9H15N3O. The second-order valence-corrected chi connectivity index (χ2v) is 3.85. The van der Waals surface area contributed by atoms with Crippen molar-refractivity contribution >= 4 is 0 Å². The van der Waals surface area contributed by atoms with Crippen LogP contribution in [0.1, 0.15) is 37.9 Å². The summed E-state index contributed by atoms with van der Waals surface area (Å²) in [5.41, 5.74) is 6.00. The first-order valence-corrected chi connectivity index (χ1v) is 4.82. The Balaban J connectivity index is 2.01. The molecule has 1 heterocycles. The molecule has 0 aromatic carbocycles. The molecule has 4 heteroatoms. The molecule has 0 aliphatic heterocycles. The van der Waals surface area contributed by atoms with Crippen LogP contribution < -0.4 is 5.73 Å². The van der Waals surface area contributed by atoms with Gasteiger partial charge in [0.15, 0.2) is 5.82 Å². The quantitative estimate of drug-likeness (QED) is 0.757. The van der Waals surface area contributed by atoms with E-state index in [2.05, 4.69) is 10.1 Å². The monoisotopic (exact) mass is 181 g/mol. The summed E-state index contributed by atoms with van der Waals surface area (Å²) >= 11 is 0. The molecule has 1 aromatic rings. The maximum Gasteiger partial charge on any atom is 0.228 e. The molecule has 0 bridgehead atoms. The van der Waals surface area contributed by atoms with Gasteiger partial charge in [-0.3, -0.25) is 0 Å². The van der Waals surface area contributed by atoms with Gasteiger partial charge in [0.2, 0.25) is 5.89 Å². The summed E-state index contributed by atoms with van der Waals surface area (Å²) in [6.45, 7) is 2.01. The average molecular weight is 181 g/mol. The highest BCUT2D eigenvalue weighted by Crippen LogP contribution is 2.31. The van der Waals surface area contributed by atoms with Crippen molar-refractivity contribution in [2.75, 3.05) is 0 Å². The standard InChI is InChI=1S/C9H15N3O/c1-2-7-11-8(13-12-7)6-9(10)4-3-5-9/h2-6,10H2,1H3. The zero-order valence-electron chi connectivity index (χ0n) is 7.92. The molecule has 0 unspecified atom stereocenters. The highest BCUT2D eigenvalue weighted by atomic mass is 16.5. The third-order valence-electron chi connectivity index (χ3n) is 2.68. The van der Waals surface area contributed by atoms with Crippen molar-refractivity contribution in [3.8, 4) is 0 Å². The Bertz CT molecular complexity index is 291. The molecule has 0 spiro atoms. The molecule has 0 atom stereocenters. The van der Waals surface area contributed by atoms with E-state index in [-0.39, 0.29) is 5.54 Å². The van der Waals surface area contributed by atoms with Crippen molar-refractivity contribution in [3.05, 3.63) is 11.7 Å². The van der Waals surface area contributed by atoms with Crippen LogP contribution in [-0.4, -0.2) is 15.7 Å². The maximum absolute atomic E-state index is 6.06. The largest absolute Gasteiger partial charge is 0.339 e.